The molecule has 1 atom stereocenters. The average molecular weight is 464 g/mol. The van der Waals surface area contributed by atoms with Gasteiger partial charge in [-0.2, -0.15) is 0 Å². The van der Waals surface area contributed by atoms with Gasteiger partial charge < -0.3 is 15.0 Å². The van der Waals surface area contributed by atoms with Gasteiger partial charge in [0, 0.05) is 31.7 Å². The van der Waals surface area contributed by atoms with E-state index in [1.54, 1.807) is 4.90 Å². The van der Waals surface area contributed by atoms with E-state index >= 15 is 0 Å². The van der Waals surface area contributed by atoms with Gasteiger partial charge in [0.1, 0.15) is 11.2 Å². The second-order valence-electron chi connectivity index (χ2n) is 7.67. The number of aromatic nitrogens is 1. The summed E-state index contributed by atoms with van der Waals surface area (Å²) >= 11 is 3.36. The zero-order chi connectivity index (χ0) is 20.5. The van der Waals surface area contributed by atoms with Gasteiger partial charge in [-0.05, 0) is 49.8 Å². The number of piperazine rings is 1. The van der Waals surface area contributed by atoms with E-state index in [2.05, 4.69) is 62.6 Å². The maximum absolute atomic E-state index is 12.9. The van der Waals surface area contributed by atoms with E-state index in [0.29, 0.717) is 19.7 Å². The number of pyridine rings is 1. The maximum Gasteiger partial charge on any atom is 0.409 e. The lowest BCUT2D eigenvalue weighted by Crippen LogP contribution is -2.48. The van der Waals surface area contributed by atoms with Crippen molar-refractivity contribution in [3.63, 3.8) is 0 Å². The van der Waals surface area contributed by atoms with Crippen molar-refractivity contribution in [1.29, 1.82) is 0 Å². The minimum Gasteiger partial charge on any atom is -0.448 e. The van der Waals surface area contributed by atoms with Gasteiger partial charge in [-0.25, -0.2) is 9.78 Å². The van der Waals surface area contributed by atoms with E-state index in [1.165, 1.54) is 22.3 Å². The number of ether oxygens (including phenoxy) is 1. The van der Waals surface area contributed by atoms with E-state index in [4.69, 9.17) is 4.74 Å². The van der Waals surface area contributed by atoms with Crippen molar-refractivity contribution in [2.75, 3.05) is 26.2 Å². The number of hydrogen-bond donors (Lipinski definition) is 1. The lowest BCUT2D eigenvalue weighted by atomic mass is 9.98. The fourth-order valence-corrected chi connectivity index (χ4v) is 4.65. The quantitative estimate of drug-likeness (QED) is 0.569. The van der Waals surface area contributed by atoms with Crippen LogP contribution in [0.3, 0.4) is 0 Å². The SMILES string of the molecule is O=C(OCC1c2ccccc2-c2ccccc21)N1CCNC(c2ccc(Br)nc2)C1. The summed E-state index contributed by atoms with van der Waals surface area (Å²) in [7, 11) is 0. The summed E-state index contributed by atoms with van der Waals surface area (Å²) in [6.07, 6.45) is 1.58. The smallest absolute Gasteiger partial charge is 0.409 e. The third-order valence-corrected chi connectivity index (χ3v) is 6.39. The predicted octanol–water partition coefficient (Wildman–Crippen LogP) is 4.74. The Hall–Kier alpha value is -2.70. The molecule has 1 aromatic heterocycles. The van der Waals surface area contributed by atoms with Crippen LogP contribution < -0.4 is 5.32 Å². The van der Waals surface area contributed by atoms with Crippen LogP contribution in [0.25, 0.3) is 11.1 Å². The molecular formula is C24H22BrN3O2. The van der Waals surface area contributed by atoms with E-state index in [0.717, 1.165) is 16.7 Å². The highest BCUT2D eigenvalue weighted by Gasteiger charge is 2.31. The molecule has 2 aromatic carbocycles. The van der Waals surface area contributed by atoms with Crippen molar-refractivity contribution in [2.45, 2.75) is 12.0 Å². The number of carbonyl (C=O) groups excluding carboxylic acids is 1. The van der Waals surface area contributed by atoms with E-state index in [1.807, 2.05) is 30.5 Å². The molecule has 1 N–H and O–H groups in total. The highest BCUT2D eigenvalue weighted by atomic mass is 79.9. The van der Waals surface area contributed by atoms with Gasteiger partial charge in [0.05, 0.1) is 6.04 Å². The molecule has 5 rings (SSSR count). The van der Waals surface area contributed by atoms with Crippen molar-refractivity contribution in [3.05, 3.63) is 88.2 Å². The van der Waals surface area contributed by atoms with Crippen LogP contribution in [0.15, 0.2) is 71.5 Å². The number of hydrogen-bond acceptors (Lipinski definition) is 4. The minimum absolute atomic E-state index is 0.0554. The van der Waals surface area contributed by atoms with Gasteiger partial charge in [0.25, 0.3) is 0 Å². The minimum atomic E-state index is -0.256. The van der Waals surface area contributed by atoms with Crippen molar-refractivity contribution < 1.29 is 9.53 Å². The first-order valence-electron chi connectivity index (χ1n) is 10.2. The van der Waals surface area contributed by atoms with E-state index in [9.17, 15) is 4.79 Å². The number of fused-ring (bicyclic) bond motifs is 3. The lowest BCUT2D eigenvalue weighted by molar-refractivity contribution is 0.0883. The Balaban J connectivity index is 1.28. The number of amides is 1. The van der Waals surface area contributed by atoms with Crippen LogP contribution in [0, 0.1) is 0 Å². The highest BCUT2D eigenvalue weighted by molar-refractivity contribution is 9.10. The van der Waals surface area contributed by atoms with Crippen LogP contribution in [-0.4, -0.2) is 42.2 Å². The Labute approximate surface area is 184 Å². The molecule has 1 unspecified atom stereocenters. The normalized spacial score (nSPS) is 18.0. The molecular weight excluding hydrogens is 442 g/mol. The van der Waals surface area contributed by atoms with E-state index < -0.39 is 0 Å². The van der Waals surface area contributed by atoms with Crippen LogP contribution in [0.1, 0.15) is 28.7 Å². The summed E-state index contributed by atoms with van der Waals surface area (Å²) in [6.45, 7) is 2.28. The predicted molar refractivity (Wildman–Crippen MR) is 119 cm³/mol. The largest absolute Gasteiger partial charge is 0.448 e. The molecule has 0 saturated carbocycles. The lowest BCUT2D eigenvalue weighted by Gasteiger charge is -2.33. The molecule has 3 aromatic rings. The Morgan fingerprint density at radius 2 is 1.77 bits per heavy atom. The Morgan fingerprint density at radius 3 is 2.43 bits per heavy atom. The van der Waals surface area contributed by atoms with Crippen LogP contribution in [0.5, 0.6) is 0 Å². The summed E-state index contributed by atoms with van der Waals surface area (Å²) in [5.41, 5.74) is 5.99. The molecule has 0 spiro atoms. The zero-order valence-corrected chi connectivity index (χ0v) is 18.0. The topological polar surface area (TPSA) is 54.5 Å². The van der Waals surface area contributed by atoms with E-state index in [-0.39, 0.29) is 18.1 Å². The monoisotopic (exact) mass is 463 g/mol. The molecule has 0 radical (unpaired) electrons. The summed E-state index contributed by atoms with van der Waals surface area (Å²) in [6, 6.07) is 20.8. The molecule has 6 heteroatoms. The first-order valence-corrected chi connectivity index (χ1v) is 10.9. The fourth-order valence-electron chi connectivity index (χ4n) is 4.42. The standard InChI is InChI=1S/C24H22BrN3O2/c25-23-10-9-16(13-27-23)22-14-28(12-11-26-22)24(29)30-15-21-19-7-3-1-5-17(19)18-6-2-4-8-20(18)21/h1-10,13,21-22,26H,11-12,14-15H2. The van der Waals surface area contributed by atoms with Crippen molar-refractivity contribution in [2.24, 2.45) is 0 Å². The third kappa shape index (κ3) is 3.61. The Kier molecular flexibility index (Phi) is 5.27. The van der Waals surface area contributed by atoms with Crippen LogP contribution >= 0.6 is 15.9 Å². The van der Waals surface area contributed by atoms with Crippen LogP contribution in [-0.2, 0) is 4.74 Å². The average Bonchev–Trinajstić information content (AvgIpc) is 3.12. The van der Waals surface area contributed by atoms with Gasteiger partial charge in [0.15, 0.2) is 0 Å². The molecule has 152 valence electrons. The van der Waals surface area contributed by atoms with Crippen molar-refractivity contribution in [3.8, 4) is 11.1 Å². The maximum atomic E-state index is 12.9. The summed E-state index contributed by atoms with van der Waals surface area (Å²) in [4.78, 5) is 18.9. The first-order chi connectivity index (χ1) is 14.7. The second kappa shape index (κ2) is 8.20. The number of nitrogens with one attached hydrogen (secondary N) is 1. The molecule has 1 aliphatic carbocycles. The zero-order valence-electron chi connectivity index (χ0n) is 16.4. The highest BCUT2D eigenvalue weighted by Crippen LogP contribution is 2.44. The van der Waals surface area contributed by atoms with Gasteiger partial charge in [-0.1, -0.05) is 54.6 Å². The third-order valence-electron chi connectivity index (χ3n) is 5.92. The van der Waals surface area contributed by atoms with Crippen LogP contribution in [0.4, 0.5) is 4.79 Å². The van der Waals surface area contributed by atoms with Gasteiger partial charge in [0.2, 0.25) is 0 Å². The van der Waals surface area contributed by atoms with Gasteiger partial charge in [-0.15, -0.1) is 0 Å². The Bertz CT molecular complexity index is 1020. The molecule has 1 amide bonds. The number of nitrogens with zero attached hydrogens (tertiary/aromatic N) is 2. The van der Waals surface area contributed by atoms with Crippen LogP contribution in [0.2, 0.25) is 0 Å². The molecule has 1 aliphatic heterocycles. The molecule has 30 heavy (non-hydrogen) atoms. The number of carbonyl (C=O) groups is 1. The first kappa shape index (κ1) is 19.3. The Morgan fingerprint density at radius 1 is 1.07 bits per heavy atom. The molecule has 0 bridgehead atoms. The van der Waals surface area contributed by atoms with Crippen molar-refractivity contribution >= 4 is 22.0 Å². The molecule has 1 saturated heterocycles. The number of halogens is 1. The van der Waals surface area contributed by atoms with Gasteiger partial charge >= 0.3 is 6.09 Å². The van der Waals surface area contributed by atoms with Gasteiger partial charge in [-0.3, -0.25) is 0 Å². The molecule has 2 aliphatic rings. The molecule has 2 heterocycles. The summed E-state index contributed by atoms with van der Waals surface area (Å²) < 4.78 is 6.62. The number of benzene rings is 2. The second-order valence-corrected chi connectivity index (χ2v) is 8.48. The molecule has 1 fully saturated rings. The summed E-state index contributed by atoms with van der Waals surface area (Å²) in [5, 5.41) is 3.46. The molecule has 5 nitrogen and oxygen atoms in total. The fraction of sp³-hybridized carbons (Fsp3) is 0.250. The van der Waals surface area contributed by atoms with Crippen molar-refractivity contribution in [1.82, 2.24) is 15.2 Å². The number of rotatable bonds is 3. The summed E-state index contributed by atoms with van der Waals surface area (Å²) in [5.74, 6) is 0.0794.